The van der Waals surface area contributed by atoms with E-state index in [9.17, 15) is 21.6 Å². The van der Waals surface area contributed by atoms with Crippen molar-refractivity contribution in [3.05, 3.63) is 24.3 Å². The molecule has 9 heteroatoms. The Bertz CT molecular complexity index is 669. The van der Waals surface area contributed by atoms with Gasteiger partial charge in [0.05, 0.1) is 0 Å². The van der Waals surface area contributed by atoms with Crippen molar-refractivity contribution >= 4 is 10.0 Å². The Hall–Kier alpha value is -1.32. The molecule has 0 atom stereocenters. The largest absolute Gasteiger partial charge is 0.573 e. The Morgan fingerprint density at radius 1 is 1.12 bits per heavy atom. The van der Waals surface area contributed by atoms with Gasteiger partial charge < -0.3 is 9.64 Å². The predicted octanol–water partition coefficient (Wildman–Crippen LogP) is 2.94. The normalized spacial score (nSPS) is 17.8. The molecule has 0 bridgehead atoms. The second-order valence-electron chi connectivity index (χ2n) is 6.42. The summed E-state index contributed by atoms with van der Waals surface area (Å²) in [6, 6.07) is 4.85. The first kappa shape index (κ1) is 20.0. The second kappa shape index (κ2) is 7.92. The molecule has 2 rings (SSSR count). The molecule has 0 radical (unpaired) electrons. The molecule has 0 saturated carbocycles. The maximum Gasteiger partial charge on any atom is 0.573 e. The average Bonchev–Trinajstić information content (AvgIpc) is 2.52. The standard InChI is InChI=1S/C16H23F3N2O3S/c1-13(2)7-8-20-9-11-21(12-10-20)25(22,23)15-6-4-3-5-14(15)24-16(17,18)19/h3-6,13H,7-12H2,1-2H3. The third-order valence-corrected chi connectivity index (χ3v) is 5.98. The van der Waals surface area contributed by atoms with Crippen molar-refractivity contribution in [2.24, 2.45) is 5.92 Å². The Labute approximate surface area is 146 Å². The van der Waals surface area contributed by atoms with Gasteiger partial charge in [-0.25, -0.2) is 8.42 Å². The van der Waals surface area contributed by atoms with Gasteiger partial charge in [-0.3, -0.25) is 0 Å². The highest BCUT2D eigenvalue weighted by atomic mass is 32.2. The molecule has 0 aliphatic carbocycles. The number of halogens is 3. The van der Waals surface area contributed by atoms with Crippen LogP contribution in [0, 0.1) is 5.92 Å². The summed E-state index contributed by atoms with van der Waals surface area (Å²) in [6.45, 7) is 6.76. The molecular weight excluding hydrogens is 357 g/mol. The van der Waals surface area contributed by atoms with Gasteiger partial charge in [-0.15, -0.1) is 13.2 Å². The molecule has 1 saturated heterocycles. The van der Waals surface area contributed by atoms with Gasteiger partial charge in [0.2, 0.25) is 10.0 Å². The number of rotatable bonds is 6. The van der Waals surface area contributed by atoms with Crippen LogP contribution in [0.4, 0.5) is 13.2 Å². The highest BCUT2D eigenvalue weighted by Crippen LogP contribution is 2.31. The van der Waals surface area contributed by atoms with Gasteiger partial charge in [0.15, 0.2) is 0 Å². The summed E-state index contributed by atoms with van der Waals surface area (Å²) in [4.78, 5) is 1.72. The lowest BCUT2D eigenvalue weighted by atomic mass is 10.1. The molecular formula is C16H23F3N2O3S. The molecule has 142 valence electrons. The van der Waals surface area contributed by atoms with Gasteiger partial charge in [0, 0.05) is 26.2 Å². The number of para-hydroxylation sites is 1. The summed E-state index contributed by atoms with van der Waals surface area (Å²) in [5, 5.41) is 0. The summed E-state index contributed by atoms with van der Waals surface area (Å²) in [5.41, 5.74) is 0. The van der Waals surface area contributed by atoms with Crippen molar-refractivity contribution < 1.29 is 26.3 Å². The van der Waals surface area contributed by atoms with E-state index in [2.05, 4.69) is 23.5 Å². The first-order chi connectivity index (χ1) is 11.6. The van der Waals surface area contributed by atoms with Crippen molar-refractivity contribution in [2.75, 3.05) is 32.7 Å². The number of hydrogen-bond donors (Lipinski definition) is 0. The maximum absolute atomic E-state index is 12.7. The van der Waals surface area contributed by atoms with Crippen LogP contribution in [0.15, 0.2) is 29.2 Å². The van der Waals surface area contributed by atoms with Crippen LogP contribution in [0.1, 0.15) is 20.3 Å². The molecule has 0 spiro atoms. The van der Waals surface area contributed by atoms with Crippen molar-refractivity contribution in [3.8, 4) is 5.75 Å². The summed E-state index contributed by atoms with van der Waals surface area (Å²) in [6.07, 6.45) is -3.92. The zero-order chi connectivity index (χ0) is 18.7. The summed E-state index contributed by atoms with van der Waals surface area (Å²) < 4.78 is 68.1. The Balaban J connectivity index is 2.10. The lowest BCUT2D eigenvalue weighted by molar-refractivity contribution is -0.275. The van der Waals surface area contributed by atoms with Crippen LogP contribution in [0.3, 0.4) is 0 Å². The van der Waals surface area contributed by atoms with Crippen LogP contribution >= 0.6 is 0 Å². The molecule has 0 amide bonds. The van der Waals surface area contributed by atoms with E-state index in [1.165, 1.54) is 16.4 Å². The van der Waals surface area contributed by atoms with Crippen molar-refractivity contribution in [2.45, 2.75) is 31.5 Å². The zero-order valence-electron chi connectivity index (χ0n) is 14.3. The quantitative estimate of drug-likeness (QED) is 0.761. The predicted molar refractivity (Wildman–Crippen MR) is 87.8 cm³/mol. The maximum atomic E-state index is 12.7. The van der Waals surface area contributed by atoms with Crippen LogP contribution in [0.5, 0.6) is 5.75 Å². The lowest BCUT2D eigenvalue weighted by Crippen LogP contribution is -2.48. The van der Waals surface area contributed by atoms with Gasteiger partial charge in [-0.1, -0.05) is 26.0 Å². The lowest BCUT2D eigenvalue weighted by Gasteiger charge is -2.34. The monoisotopic (exact) mass is 380 g/mol. The number of benzene rings is 1. The molecule has 1 fully saturated rings. The smallest absolute Gasteiger partial charge is 0.404 e. The minimum atomic E-state index is -4.94. The van der Waals surface area contributed by atoms with E-state index in [0.29, 0.717) is 19.0 Å². The highest BCUT2D eigenvalue weighted by Gasteiger charge is 2.36. The molecule has 5 nitrogen and oxygen atoms in total. The molecule has 1 aromatic rings. The molecule has 25 heavy (non-hydrogen) atoms. The molecule has 0 unspecified atom stereocenters. The van der Waals surface area contributed by atoms with E-state index >= 15 is 0 Å². The molecule has 0 N–H and O–H groups in total. The van der Waals surface area contributed by atoms with Crippen molar-refractivity contribution in [1.82, 2.24) is 9.21 Å². The third kappa shape index (κ3) is 5.58. The fourth-order valence-electron chi connectivity index (χ4n) is 2.65. The molecule has 1 heterocycles. The van der Waals surface area contributed by atoms with Crippen molar-refractivity contribution in [3.63, 3.8) is 0 Å². The Morgan fingerprint density at radius 2 is 1.72 bits per heavy atom. The van der Waals surface area contributed by atoms with E-state index in [0.717, 1.165) is 25.1 Å². The fraction of sp³-hybridized carbons (Fsp3) is 0.625. The van der Waals surface area contributed by atoms with Crippen LogP contribution in [0.25, 0.3) is 0 Å². The second-order valence-corrected chi connectivity index (χ2v) is 8.33. The van der Waals surface area contributed by atoms with E-state index in [1.807, 2.05) is 0 Å². The number of piperazine rings is 1. The van der Waals surface area contributed by atoms with Crippen molar-refractivity contribution in [1.29, 1.82) is 0 Å². The van der Waals surface area contributed by atoms with Gasteiger partial charge >= 0.3 is 6.36 Å². The van der Waals surface area contributed by atoms with Crippen LogP contribution in [-0.2, 0) is 10.0 Å². The fourth-order valence-corrected chi connectivity index (χ4v) is 4.18. The minimum absolute atomic E-state index is 0.251. The van der Waals surface area contributed by atoms with Gasteiger partial charge in [0.25, 0.3) is 0 Å². The summed E-state index contributed by atoms with van der Waals surface area (Å²) in [5.74, 6) is -0.134. The number of alkyl halides is 3. The molecule has 0 aromatic heterocycles. The van der Waals surface area contributed by atoms with Gasteiger partial charge in [0.1, 0.15) is 10.6 Å². The summed E-state index contributed by atoms with van der Waals surface area (Å²) in [7, 11) is -4.04. The third-order valence-electron chi connectivity index (χ3n) is 4.05. The molecule has 1 aliphatic heterocycles. The molecule has 1 aromatic carbocycles. The first-order valence-electron chi connectivity index (χ1n) is 8.17. The van der Waals surface area contributed by atoms with E-state index < -0.39 is 27.0 Å². The van der Waals surface area contributed by atoms with E-state index in [4.69, 9.17) is 0 Å². The molecule has 1 aliphatic rings. The highest BCUT2D eigenvalue weighted by molar-refractivity contribution is 7.89. The zero-order valence-corrected chi connectivity index (χ0v) is 15.1. The first-order valence-corrected chi connectivity index (χ1v) is 9.61. The van der Waals surface area contributed by atoms with Gasteiger partial charge in [-0.2, -0.15) is 4.31 Å². The van der Waals surface area contributed by atoms with Crippen LogP contribution in [0.2, 0.25) is 0 Å². The summed E-state index contributed by atoms with van der Waals surface area (Å²) >= 11 is 0. The average molecular weight is 380 g/mol. The minimum Gasteiger partial charge on any atom is -0.404 e. The van der Waals surface area contributed by atoms with E-state index in [1.54, 1.807) is 0 Å². The van der Waals surface area contributed by atoms with Crippen LogP contribution < -0.4 is 4.74 Å². The SMILES string of the molecule is CC(C)CCN1CCN(S(=O)(=O)c2ccccc2OC(F)(F)F)CC1. The Kier molecular flexibility index (Phi) is 6.34. The topological polar surface area (TPSA) is 49.9 Å². The van der Waals surface area contributed by atoms with E-state index in [-0.39, 0.29) is 13.1 Å². The number of nitrogens with zero attached hydrogens (tertiary/aromatic N) is 2. The van der Waals surface area contributed by atoms with Crippen LogP contribution in [-0.4, -0.2) is 56.7 Å². The number of ether oxygens (including phenoxy) is 1. The van der Waals surface area contributed by atoms with Gasteiger partial charge in [-0.05, 0) is 31.0 Å². The Morgan fingerprint density at radius 3 is 2.28 bits per heavy atom. The number of hydrogen-bond acceptors (Lipinski definition) is 4. The number of sulfonamides is 1.